The van der Waals surface area contributed by atoms with Crippen molar-refractivity contribution in [2.24, 2.45) is 0 Å². The van der Waals surface area contributed by atoms with Gasteiger partial charge >= 0.3 is 5.97 Å². The van der Waals surface area contributed by atoms with Crippen LogP contribution in [0.25, 0.3) is 0 Å². The third kappa shape index (κ3) is 8.15. The molecule has 6 nitrogen and oxygen atoms in total. The number of methoxy groups -OCH3 is 1. The molecule has 1 aromatic rings. The van der Waals surface area contributed by atoms with Gasteiger partial charge in [0.2, 0.25) is 0 Å². The Morgan fingerprint density at radius 3 is 2.07 bits per heavy atom. The Morgan fingerprint density at radius 1 is 0.966 bits per heavy atom. The normalized spacial score (nSPS) is 11.4. The third-order valence-corrected chi connectivity index (χ3v) is 5.72. The predicted molar refractivity (Wildman–Crippen MR) is 117 cm³/mol. The zero-order valence-corrected chi connectivity index (χ0v) is 19.1. The van der Waals surface area contributed by atoms with Gasteiger partial charge in [-0.05, 0) is 70.7 Å². The molecule has 1 rings (SSSR count). The van der Waals surface area contributed by atoms with Crippen molar-refractivity contribution in [1.82, 2.24) is 0 Å². The molecule has 1 aromatic carbocycles. The number of likely N-dealkylation sites (N-methyl/N-ethyl adjacent to an activating group) is 1. The fourth-order valence-corrected chi connectivity index (χ4v) is 3.54. The number of ether oxygens (including phenoxy) is 2. The summed E-state index contributed by atoms with van der Waals surface area (Å²) in [6, 6.07) is 3.63. The zero-order valence-electron chi connectivity index (χ0n) is 19.1. The van der Waals surface area contributed by atoms with Crippen LogP contribution < -0.4 is 10.1 Å². The van der Waals surface area contributed by atoms with Crippen LogP contribution in [0, 0.1) is 13.8 Å². The molecule has 0 radical (unpaired) electrons. The summed E-state index contributed by atoms with van der Waals surface area (Å²) in [7, 11) is 1.68. The lowest BCUT2D eigenvalue weighted by atomic mass is 10.1. The van der Waals surface area contributed by atoms with Crippen LogP contribution in [0.1, 0.15) is 57.6 Å². The van der Waals surface area contributed by atoms with Crippen LogP contribution >= 0.6 is 0 Å². The highest BCUT2D eigenvalue weighted by Crippen LogP contribution is 2.27. The van der Waals surface area contributed by atoms with Crippen molar-refractivity contribution < 1.29 is 23.5 Å². The zero-order chi connectivity index (χ0) is 21.9. The number of hydrogen-bond donors (Lipinski definition) is 1. The van der Waals surface area contributed by atoms with Crippen molar-refractivity contribution in [2.45, 2.75) is 60.3 Å². The lowest BCUT2D eigenvalue weighted by Gasteiger charge is -2.35. The molecule has 0 fully saturated rings. The topological polar surface area (TPSA) is 64.6 Å². The maximum Gasteiger partial charge on any atom is 0.311 e. The van der Waals surface area contributed by atoms with Crippen LogP contribution in [0.15, 0.2) is 12.1 Å². The van der Waals surface area contributed by atoms with Gasteiger partial charge in [-0.3, -0.25) is 9.59 Å². The van der Waals surface area contributed by atoms with Crippen molar-refractivity contribution in [1.29, 1.82) is 0 Å². The first kappa shape index (κ1) is 25.1. The third-order valence-electron chi connectivity index (χ3n) is 5.72. The number of anilines is 1. The highest BCUT2D eigenvalue weighted by atomic mass is 16.5. The average Bonchev–Trinajstić information content (AvgIpc) is 2.69. The predicted octanol–water partition coefficient (Wildman–Crippen LogP) is 4.23. The van der Waals surface area contributed by atoms with Gasteiger partial charge in [0.15, 0.2) is 6.54 Å². The number of amides is 1. The summed E-state index contributed by atoms with van der Waals surface area (Å²) >= 11 is 0. The number of nitrogens with one attached hydrogen (secondary N) is 1. The number of unbranched alkanes of at least 4 members (excludes halogenated alkanes) is 2. The van der Waals surface area contributed by atoms with Gasteiger partial charge in [-0.2, -0.15) is 0 Å². The molecule has 1 amide bonds. The number of nitrogens with zero attached hydrogens (tertiary/aromatic N) is 1. The quantitative estimate of drug-likeness (QED) is 0.230. The van der Waals surface area contributed by atoms with Crippen molar-refractivity contribution in [3.05, 3.63) is 23.3 Å². The minimum Gasteiger partial charge on any atom is -0.427 e. The van der Waals surface area contributed by atoms with Crippen LogP contribution in [-0.2, 0) is 14.3 Å². The fraction of sp³-hybridized carbons (Fsp3) is 0.652. The lowest BCUT2D eigenvalue weighted by Crippen LogP contribution is -2.52. The Kier molecular flexibility index (Phi) is 10.9. The second kappa shape index (κ2) is 12.6. The molecule has 0 atom stereocenters. The molecule has 0 aliphatic rings. The Morgan fingerprint density at radius 2 is 1.55 bits per heavy atom. The number of hydrogen-bond acceptors (Lipinski definition) is 4. The summed E-state index contributed by atoms with van der Waals surface area (Å²) in [5.74, 6) is 0.317. The summed E-state index contributed by atoms with van der Waals surface area (Å²) in [6.45, 7) is 14.2. The Bertz CT molecular complexity index is 638. The lowest BCUT2D eigenvalue weighted by molar-refractivity contribution is -0.915. The van der Waals surface area contributed by atoms with Crippen molar-refractivity contribution >= 4 is 17.6 Å². The molecule has 1 N–H and O–H groups in total. The Labute approximate surface area is 176 Å². The van der Waals surface area contributed by atoms with Crippen molar-refractivity contribution in [3.8, 4) is 5.75 Å². The minimum absolute atomic E-state index is 0.0163. The summed E-state index contributed by atoms with van der Waals surface area (Å²) < 4.78 is 11.3. The van der Waals surface area contributed by atoms with E-state index in [9.17, 15) is 9.59 Å². The fourth-order valence-electron chi connectivity index (χ4n) is 3.54. The van der Waals surface area contributed by atoms with Gasteiger partial charge in [-0.25, -0.2) is 0 Å². The first-order valence-corrected chi connectivity index (χ1v) is 10.8. The van der Waals surface area contributed by atoms with Gasteiger partial charge < -0.3 is 19.3 Å². The van der Waals surface area contributed by atoms with Gasteiger partial charge in [0.05, 0.1) is 19.6 Å². The number of carbonyl (C=O) groups excluding carboxylic acids is 2. The van der Waals surface area contributed by atoms with Crippen LogP contribution in [0.2, 0.25) is 0 Å². The molecule has 29 heavy (non-hydrogen) atoms. The number of rotatable bonds is 13. The van der Waals surface area contributed by atoms with E-state index < -0.39 is 0 Å². The van der Waals surface area contributed by atoms with Gasteiger partial charge in [-0.15, -0.1) is 0 Å². The second-order valence-electron chi connectivity index (χ2n) is 7.71. The van der Waals surface area contributed by atoms with Gasteiger partial charge in [-0.1, -0.05) is 6.42 Å². The van der Waals surface area contributed by atoms with E-state index in [1.165, 1.54) is 0 Å². The van der Waals surface area contributed by atoms with Crippen LogP contribution in [-0.4, -0.2) is 56.3 Å². The molecule has 0 aliphatic carbocycles. The van der Waals surface area contributed by atoms with E-state index in [0.29, 0.717) is 18.7 Å². The van der Waals surface area contributed by atoms with Crippen LogP contribution in [0.5, 0.6) is 5.75 Å². The molecular formula is C23H39N2O4+. The molecule has 0 saturated carbocycles. The molecule has 0 aliphatic heterocycles. The molecule has 0 saturated heterocycles. The summed E-state index contributed by atoms with van der Waals surface area (Å²) in [5.41, 5.74) is 2.59. The molecular weight excluding hydrogens is 368 g/mol. The summed E-state index contributed by atoms with van der Waals surface area (Å²) in [6.07, 6.45) is 3.08. The highest BCUT2D eigenvalue weighted by molar-refractivity contribution is 5.93. The van der Waals surface area contributed by atoms with E-state index in [4.69, 9.17) is 9.47 Å². The van der Waals surface area contributed by atoms with Crippen molar-refractivity contribution in [2.75, 3.05) is 45.2 Å². The summed E-state index contributed by atoms with van der Waals surface area (Å²) in [4.78, 5) is 24.7. The molecule has 0 aromatic heterocycles. The van der Waals surface area contributed by atoms with E-state index in [-0.39, 0.29) is 11.9 Å². The van der Waals surface area contributed by atoms with Gasteiger partial charge in [0.1, 0.15) is 5.75 Å². The summed E-state index contributed by atoms with van der Waals surface area (Å²) in [5, 5.41) is 3.06. The maximum absolute atomic E-state index is 12.6. The SMILES string of the molecule is CC[N+](CC)(CC)CC(=O)Nc1c(C)cc(OC(=O)CCCCCOC)cc1C. The number of benzene rings is 1. The smallest absolute Gasteiger partial charge is 0.311 e. The largest absolute Gasteiger partial charge is 0.427 e. The Balaban J connectivity index is 2.70. The standard InChI is InChI=1S/C23H38N2O4/c1-7-25(8-2,9-3)17-21(26)24-23-18(4)15-20(16-19(23)5)29-22(27)13-11-10-12-14-28-6/h15-16H,7-14,17H2,1-6H3/p+1. The van der Waals surface area contributed by atoms with Crippen molar-refractivity contribution in [3.63, 3.8) is 0 Å². The van der Waals surface area contributed by atoms with E-state index in [0.717, 1.165) is 66.8 Å². The van der Waals surface area contributed by atoms with E-state index in [2.05, 4.69) is 26.1 Å². The monoisotopic (exact) mass is 407 g/mol. The average molecular weight is 408 g/mol. The van der Waals surface area contributed by atoms with Gasteiger partial charge in [0, 0.05) is 25.8 Å². The second-order valence-corrected chi connectivity index (χ2v) is 7.71. The molecule has 0 unspecified atom stereocenters. The van der Waals surface area contributed by atoms with Crippen LogP contribution in [0.4, 0.5) is 5.69 Å². The number of esters is 1. The minimum atomic E-state index is -0.228. The number of carbonyl (C=O) groups is 2. The molecule has 0 heterocycles. The molecule has 0 spiro atoms. The number of aryl methyl sites for hydroxylation is 2. The van der Waals surface area contributed by atoms with Crippen LogP contribution in [0.3, 0.4) is 0 Å². The molecule has 0 bridgehead atoms. The number of quaternary nitrogens is 1. The molecule has 164 valence electrons. The van der Waals surface area contributed by atoms with E-state index in [1.807, 2.05) is 26.0 Å². The Hall–Kier alpha value is -1.92. The van der Waals surface area contributed by atoms with E-state index >= 15 is 0 Å². The first-order valence-electron chi connectivity index (χ1n) is 10.8. The molecule has 6 heteroatoms. The first-order chi connectivity index (χ1) is 13.8. The van der Waals surface area contributed by atoms with Gasteiger partial charge in [0.25, 0.3) is 5.91 Å². The maximum atomic E-state index is 12.6. The van der Waals surface area contributed by atoms with E-state index in [1.54, 1.807) is 7.11 Å². The highest BCUT2D eigenvalue weighted by Gasteiger charge is 2.25.